The van der Waals surface area contributed by atoms with Gasteiger partial charge in [-0.3, -0.25) is 9.69 Å². The molecule has 32 heavy (non-hydrogen) atoms. The highest BCUT2D eigenvalue weighted by molar-refractivity contribution is 5.78. The smallest absolute Gasteiger partial charge is 0.223 e. The second-order valence-electron chi connectivity index (χ2n) is 8.41. The molecule has 162 valence electrons. The maximum Gasteiger partial charge on any atom is 0.223 e. The number of amides is 1. The Kier molecular flexibility index (Phi) is 5.99. The molecule has 0 N–H and O–H groups in total. The lowest BCUT2D eigenvalue weighted by molar-refractivity contribution is -0.133. The van der Waals surface area contributed by atoms with Crippen molar-refractivity contribution in [2.24, 2.45) is 0 Å². The van der Waals surface area contributed by atoms with Crippen LogP contribution in [0.5, 0.6) is 0 Å². The highest BCUT2D eigenvalue weighted by atomic mass is 16.2. The number of carbonyl (C=O) groups is 1. The van der Waals surface area contributed by atoms with Crippen LogP contribution in [0.2, 0.25) is 0 Å². The van der Waals surface area contributed by atoms with Crippen molar-refractivity contribution in [2.75, 3.05) is 26.2 Å². The Morgan fingerprint density at radius 3 is 2.09 bits per heavy atom. The maximum atomic E-state index is 13.2. The van der Waals surface area contributed by atoms with Gasteiger partial charge in [0, 0.05) is 51.3 Å². The minimum atomic E-state index is 0.0843. The molecule has 4 aromatic rings. The molecule has 1 fully saturated rings. The van der Waals surface area contributed by atoms with Gasteiger partial charge in [0.05, 0.1) is 11.9 Å². The average Bonchev–Trinajstić information content (AvgIpc) is 3.27. The van der Waals surface area contributed by atoms with E-state index in [2.05, 4.69) is 69.0 Å². The Hall–Kier alpha value is -3.44. The Labute approximate surface area is 188 Å². The highest BCUT2D eigenvalue weighted by Crippen LogP contribution is 2.28. The predicted octanol–water partition coefficient (Wildman–Crippen LogP) is 4.20. The van der Waals surface area contributed by atoms with E-state index in [0.717, 1.165) is 38.4 Å². The number of piperazine rings is 1. The standard InChI is InChI=1S/C27H28N4O/c32-27(19-25(22-9-3-1-4-10-22)23-11-5-2-6-12-23)30-17-15-29(16-18-30)21-24-20-28-26-13-7-8-14-31(24)26/h1-14,20,25H,15-19,21H2. The van der Waals surface area contributed by atoms with Crippen molar-refractivity contribution in [1.82, 2.24) is 19.2 Å². The Bertz CT molecular complexity index is 1120. The zero-order chi connectivity index (χ0) is 21.8. The van der Waals surface area contributed by atoms with E-state index >= 15 is 0 Å². The van der Waals surface area contributed by atoms with Crippen molar-refractivity contribution < 1.29 is 4.79 Å². The molecule has 0 spiro atoms. The summed E-state index contributed by atoms with van der Waals surface area (Å²) in [7, 11) is 0. The van der Waals surface area contributed by atoms with E-state index in [-0.39, 0.29) is 11.8 Å². The van der Waals surface area contributed by atoms with E-state index in [1.54, 1.807) is 0 Å². The van der Waals surface area contributed by atoms with Gasteiger partial charge in [-0.2, -0.15) is 0 Å². The molecule has 1 amide bonds. The third-order valence-corrected chi connectivity index (χ3v) is 6.39. The minimum absolute atomic E-state index is 0.0843. The summed E-state index contributed by atoms with van der Waals surface area (Å²) < 4.78 is 2.14. The van der Waals surface area contributed by atoms with Gasteiger partial charge in [0.15, 0.2) is 0 Å². The number of benzene rings is 2. The lowest BCUT2D eigenvalue weighted by Crippen LogP contribution is -2.48. The first-order valence-electron chi connectivity index (χ1n) is 11.3. The monoisotopic (exact) mass is 424 g/mol. The topological polar surface area (TPSA) is 40.9 Å². The van der Waals surface area contributed by atoms with E-state index in [1.807, 2.05) is 41.4 Å². The molecule has 0 atom stereocenters. The fourth-order valence-electron chi connectivity index (χ4n) is 4.59. The van der Waals surface area contributed by atoms with Gasteiger partial charge < -0.3 is 9.30 Å². The van der Waals surface area contributed by atoms with Gasteiger partial charge in [0.25, 0.3) is 0 Å². The highest BCUT2D eigenvalue weighted by Gasteiger charge is 2.25. The summed E-state index contributed by atoms with van der Waals surface area (Å²) in [6, 6.07) is 26.8. The molecule has 0 bridgehead atoms. The summed E-state index contributed by atoms with van der Waals surface area (Å²) in [5.41, 5.74) is 4.55. The van der Waals surface area contributed by atoms with Crippen LogP contribution in [-0.4, -0.2) is 51.3 Å². The van der Waals surface area contributed by atoms with E-state index < -0.39 is 0 Å². The fraction of sp³-hybridized carbons (Fsp3) is 0.259. The largest absolute Gasteiger partial charge is 0.340 e. The number of hydrogen-bond acceptors (Lipinski definition) is 3. The molecule has 3 heterocycles. The number of fused-ring (bicyclic) bond motifs is 1. The SMILES string of the molecule is O=C(CC(c1ccccc1)c1ccccc1)N1CCN(Cc2cnc3ccccn23)CC1. The van der Waals surface area contributed by atoms with Gasteiger partial charge in [-0.1, -0.05) is 66.7 Å². The molecule has 1 aliphatic rings. The molecular formula is C27H28N4O. The molecule has 5 nitrogen and oxygen atoms in total. The van der Waals surface area contributed by atoms with Gasteiger partial charge in [-0.15, -0.1) is 0 Å². The van der Waals surface area contributed by atoms with Gasteiger partial charge in [-0.05, 0) is 23.3 Å². The Balaban J connectivity index is 1.22. The second kappa shape index (κ2) is 9.37. The lowest BCUT2D eigenvalue weighted by atomic mass is 9.88. The average molecular weight is 425 g/mol. The third kappa shape index (κ3) is 4.43. The molecule has 5 rings (SSSR count). The summed E-state index contributed by atoms with van der Waals surface area (Å²) in [5, 5.41) is 0. The van der Waals surface area contributed by atoms with E-state index in [4.69, 9.17) is 0 Å². The van der Waals surface area contributed by atoms with E-state index in [1.165, 1.54) is 16.8 Å². The van der Waals surface area contributed by atoms with Crippen molar-refractivity contribution in [3.8, 4) is 0 Å². The molecule has 2 aromatic heterocycles. The number of aromatic nitrogens is 2. The number of imidazole rings is 1. The van der Waals surface area contributed by atoms with Crippen LogP contribution in [-0.2, 0) is 11.3 Å². The third-order valence-electron chi connectivity index (χ3n) is 6.39. The number of pyridine rings is 1. The molecule has 1 saturated heterocycles. The summed E-state index contributed by atoms with van der Waals surface area (Å²) in [6.07, 6.45) is 4.52. The zero-order valence-electron chi connectivity index (χ0n) is 18.2. The van der Waals surface area contributed by atoms with Crippen LogP contribution in [0.15, 0.2) is 91.3 Å². The first-order valence-corrected chi connectivity index (χ1v) is 11.3. The van der Waals surface area contributed by atoms with Gasteiger partial charge in [0.2, 0.25) is 5.91 Å². The van der Waals surface area contributed by atoms with Crippen molar-refractivity contribution in [3.05, 3.63) is 108 Å². The quantitative estimate of drug-likeness (QED) is 0.466. The molecular weight excluding hydrogens is 396 g/mol. The van der Waals surface area contributed by atoms with Crippen LogP contribution in [0, 0.1) is 0 Å². The number of rotatable bonds is 6. The van der Waals surface area contributed by atoms with Crippen LogP contribution >= 0.6 is 0 Å². The Morgan fingerprint density at radius 1 is 0.812 bits per heavy atom. The minimum Gasteiger partial charge on any atom is -0.340 e. The zero-order valence-corrected chi connectivity index (χ0v) is 18.2. The first kappa shape index (κ1) is 20.5. The number of hydrogen-bond donors (Lipinski definition) is 0. The first-order chi connectivity index (χ1) is 15.8. The van der Waals surface area contributed by atoms with Crippen molar-refractivity contribution in [3.63, 3.8) is 0 Å². The Morgan fingerprint density at radius 2 is 1.44 bits per heavy atom. The summed E-state index contributed by atoms with van der Waals surface area (Å²) in [4.78, 5) is 22.2. The van der Waals surface area contributed by atoms with Crippen molar-refractivity contribution in [1.29, 1.82) is 0 Å². The summed E-state index contributed by atoms with van der Waals surface area (Å²) in [5.74, 6) is 0.318. The normalized spacial score (nSPS) is 14.8. The van der Waals surface area contributed by atoms with Crippen LogP contribution in [0.25, 0.3) is 5.65 Å². The number of nitrogens with zero attached hydrogens (tertiary/aromatic N) is 4. The molecule has 0 radical (unpaired) electrons. The van der Waals surface area contributed by atoms with Crippen LogP contribution < -0.4 is 0 Å². The molecule has 2 aromatic carbocycles. The molecule has 0 aliphatic carbocycles. The molecule has 0 unspecified atom stereocenters. The van der Waals surface area contributed by atoms with Crippen molar-refractivity contribution >= 4 is 11.6 Å². The fourth-order valence-corrected chi connectivity index (χ4v) is 4.59. The van der Waals surface area contributed by atoms with Crippen LogP contribution in [0.3, 0.4) is 0 Å². The van der Waals surface area contributed by atoms with Gasteiger partial charge in [-0.25, -0.2) is 4.98 Å². The summed E-state index contributed by atoms with van der Waals surface area (Å²) >= 11 is 0. The van der Waals surface area contributed by atoms with Crippen LogP contribution in [0.4, 0.5) is 0 Å². The maximum absolute atomic E-state index is 13.2. The van der Waals surface area contributed by atoms with E-state index in [0.29, 0.717) is 6.42 Å². The van der Waals surface area contributed by atoms with Gasteiger partial charge >= 0.3 is 0 Å². The van der Waals surface area contributed by atoms with Gasteiger partial charge in [0.1, 0.15) is 5.65 Å². The van der Waals surface area contributed by atoms with Crippen LogP contribution in [0.1, 0.15) is 29.2 Å². The van der Waals surface area contributed by atoms with E-state index in [9.17, 15) is 4.79 Å². The molecule has 5 heteroatoms. The molecule has 1 aliphatic heterocycles. The number of carbonyl (C=O) groups excluding carboxylic acids is 1. The molecule has 0 saturated carbocycles. The predicted molar refractivity (Wildman–Crippen MR) is 126 cm³/mol. The second-order valence-corrected chi connectivity index (χ2v) is 8.41. The lowest BCUT2D eigenvalue weighted by Gasteiger charge is -2.35. The summed E-state index contributed by atoms with van der Waals surface area (Å²) in [6.45, 7) is 4.15. The van der Waals surface area contributed by atoms with Crippen molar-refractivity contribution in [2.45, 2.75) is 18.9 Å².